The fraction of sp³-hybridized carbons (Fsp3) is 0.482. The van der Waals surface area contributed by atoms with Gasteiger partial charge in [-0.15, -0.1) is 0 Å². The lowest BCUT2D eigenvalue weighted by Gasteiger charge is -2.33. The maximum Gasteiger partial charge on any atom is 0.416 e. The van der Waals surface area contributed by atoms with Crippen molar-refractivity contribution in [3.8, 4) is 33.4 Å². The number of alkyl halides is 9. The van der Waals surface area contributed by atoms with Gasteiger partial charge >= 0.3 is 42.6 Å². The first-order valence-electron chi connectivity index (χ1n) is 37.9. The third kappa shape index (κ3) is 25.0. The summed E-state index contributed by atoms with van der Waals surface area (Å²) >= 11 is 0. The minimum absolute atomic E-state index is 0. The van der Waals surface area contributed by atoms with E-state index in [1.165, 1.54) is 36.4 Å². The molecule has 10 amide bonds. The van der Waals surface area contributed by atoms with E-state index in [0.717, 1.165) is 93.9 Å². The monoisotopic (exact) mass is 1730 g/mol. The number of likely N-dealkylation sites (tertiary alicyclic amines) is 6. The van der Waals surface area contributed by atoms with E-state index < -0.39 is 41.2 Å². The Balaban J connectivity index is 0.000000311. The highest BCUT2D eigenvalue weighted by molar-refractivity contribution is 7.59. The van der Waals surface area contributed by atoms with E-state index in [1.54, 1.807) is 145 Å². The van der Waals surface area contributed by atoms with Crippen LogP contribution in [0.15, 0.2) is 146 Å². The third-order valence-electron chi connectivity index (χ3n) is 22.9. The molecule has 0 unspecified atom stereocenters. The second-order valence-electron chi connectivity index (χ2n) is 30.2. The molecule has 22 nitrogen and oxygen atoms in total. The molecule has 7 fully saturated rings. The highest BCUT2D eigenvalue weighted by atomic mass is 32.1. The van der Waals surface area contributed by atoms with Gasteiger partial charge in [-0.25, -0.2) is 14.4 Å². The van der Waals surface area contributed by atoms with E-state index in [1.807, 2.05) is 23.9 Å². The number of nitrogens with one attached hydrogen (secondary N) is 1. The summed E-state index contributed by atoms with van der Waals surface area (Å²) in [5.74, 6) is -1.24. The van der Waals surface area contributed by atoms with E-state index in [4.69, 9.17) is 5.11 Å². The molecular formula is C85H114F9N13O9S3. The lowest BCUT2D eigenvalue weighted by Crippen LogP contribution is -2.49. The molecule has 6 atom stereocenters. The van der Waals surface area contributed by atoms with Gasteiger partial charge in [0.05, 0.1) is 47.9 Å². The first-order chi connectivity index (χ1) is 53.6. The Bertz CT molecular complexity index is 4340. The van der Waals surface area contributed by atoms with Crippen LogP contribution in [0.1, 0.15) is 115 Å². The van der Waals surface area contributed by atoms with Crippen LogP contribution in [0.5, 0.6) is 0 Å². The zero-order chi connectivity index (χ0) is 81.4. The summed E-state index contributed by atoms with van der Waals surface area (Å²) in [5.41, 5.74) is 3.36. The van der Waals surface area contributed by atoms with E-state index >= 15 is 0 Å². The molecule has 7 saturated heterocycles. The van der Waals surface area contributed by atoms with Gasteiger partial charge in [-0.2, -0.15) is 80.0 Å². The first-order valence-corrected chi connectivity index (χ1v) is 37.9. The molecule has 7 heterocycles. The van der Waals surface area contributed by atoms with E-state index in [9.17, 15) is 77.9 Å². The summed E-state index contributed by atoms with van der Waals surface area (Å²) < 4.78 is 115. The molecule has 6 aromatic carbocycles. The molecule has 7 aliphatic heterocycles. The fourth-order valence-corrected chi connectivity index (χ4v) is 15.5. The van der Waals surface area contributed by atoms with Gasteiger partial charge in [0.15, 0.2) is 0 Å². The van der Waals surface area contributed by atoms with Gasteiger partial charge in [0, 0.05) is 162 Å². The molecule has 0 spiro atoms. The molecule has 34 heteroatoms. The molecule has 6 aromatic rings. The quantitative estimate of drug-likeness (QED) is 0.0868. The summed E-state index contributed by atoms with van der Waals surface area (Å²) in [4.78, 5) is 123. The number of urea groups is 3. The van der Waals surface area contributed by atoms with E-state index in [-0.39, 0.29) is 147 Å². The Morgan fingerprint density at radius 2 is 0.605 bits per heavy atom. The summed E-state index contributed by atoms with van der Waals surface area (Å²) in [6.07, 6.45) is -7.56. The lowest BCUT2D eigenvalue weighted by atomic mass is 10.0. The number of amides is 10. The Morgan fingerprint density at radius 1 is 0.345 bits per heavy atom. The number of nitrogens with zero attached hydrogens (tertiary/aromatic N) is 12. The number of hydrogen-bond acceptors (Lipinski definition) is 11. The second kappa shape index (κ2) is 43.3. The van der Waals surface area contributed by atoms with Crippen LogP contribution in [0.4, 0.5) is 53.9 Å². The molecule has 119 heavy (non-hydrogen) atoms. The number of carboxylic acids is 1. The lowest BCUT2D eigenvalue weighted by molar-refractivity contribution is -0.138. The SMILES string of the molecule is C.C.C.CN(C(=O)c1ccc(-c2ccc(C(F)(F)F)cc2)cc1)[C@H]1CCN(C(=O)N(C)[C@@H]2CCN(CC(=O)N3CCC3)C2)C1.CN(C(=O)c1ccc(-c2ccc(C(F)(F)F)cc2)cc1)[C@H]1CCN(C(=O)N(C)[C@@H]2CCN(CC(=O)O)C2)C1.CN(C(=O)c1ccc(-c2ccc(C(F)(F)F)cc2)cc1)[C@H]1CCN(C(=O)N(C)[C@@H]2CCNC2)C1.S.S.S. The number of carbonyl (C=O) groups excluding carboxylic acids is 7. The highest BCUT2D eigenvalue weighted by Crippen LogP contribution is 2.36. The van der Waals surface area contributed by atoms with Crippen LogP contribution in [-0.2, 0) is 28.1 Å². The fourth-order valence-electron chi connectivity index (χ4n) is 15.5. The smallest absolute Gasteiger partial charge is 0.416 e. The maximum atomic E-state index is 13.3. The van der Waals surface area contributed by atoms with Crippen molar-refractivity contribution in [3.63, 3.8) is 0 Å². The van der Waals surface area contributed by atoms with Crippen molar-refractivity contribution in [2.45, 2.75) is 122 Å². The van der Waals surface area contributed by atoms with Crippen LogP contribution < -0.4 is 5.32 Å². The number of carboxylic acid groups (broad SMARTS) is 1. The molecule has 654 valence electrons. The number of likely N-dealkylation sites (N-methyl/N-ethyl adjacent to an activating group) is 6. The number of hydrogen-bond donors (Lipinski definition) is 2. The number of aliphatic carboxylic acids is 1. The zero-order valence-electron chi connectivity index (χ0n) is 65.6. The van der Waals surface area contributed by atoms with Crippen molar-refractivity contribution in [2.75, 3.05) is 147 Å². The van der Waals surface area contributed by atoms with Gasteiger partial charge in [0.2, 0.25) is 5.91 Å². The summed E-state index contributed by atoms with van der Waals surface area (Å²) in [7, 11) is 10.6. The summed E-state index contributed by atoms with van der Waals surface area (Å²) in [6, 6.07) is 34.8. The average Bonchev–Trinajstić information content (AvgIpc) is 0.955. The molecule has 0 bridgehead atoms. The second-order valence-corrected chi connectivity index (χ2v) is 30.2. The molecule has 0 aromatic heterocycles. The van der Waals surface area contributed by atoms with Gasteiger partial charge in [-0.3, -0.25) is 33.8 Å². The largest absolute Gasteiger partial charge is 0.480 e. The van der Waals surface area contributed by atoms with Gasteiger partial charge in [-0.05, 0) is 158 Å². The Morgan fingerprint density at radius 3 is 0.857 bits per heavy atom. The standard InChI is InChI=1S/C30H36F3N5O3.C27H31F3N4O4.C25H29F3N4O2.3CH4.3H2S/c1-34(28(40)23-6-4-21(5-7-23)22-8-10-24(11-9-22)30(31,32)33)26-13-17-38(19-26)29(41)35(2)25-12-16-36(18-25)20-27(39)37-14-3-15-37;1-31(23-12-14-34(16-23)26(38)32(2)22-11-13-33(15-22)17-24(35)36)25(37)20-5-3-18(4-6-20)19-7-9-21(10-8-19)27(28,29)30;1-30(22-12-14-32(16-22)24(34)31(2)21-11-13-29-15-21)23(33)19-5-3-17(4-6-19)18-7-9-20(10-8-18)25(26,27)28;;;;;;/h4-11,25-26H,3,12-20H2,1-2H3;3-10,22-23H,11-17H2,1-2H3,(H,35,36);3-10,21-22,29H,11-16H2,1-2H3;3*1H4;3*1H2/t25-,26+;22-,23+;21-,22+;;;;;;/m111....../s1. The van der Waals surface area contributed by atoms with Gasteiger partial charge in [-0.1, -0.05) is 95.1 Å². The van der Waals surface area contributed by atoms with Gasteiger partial charge in [0.25, 0.3) is 17.7 Å². The molecule has 2 N–H and O–H groups in total. The van der Waals surface area contributed by atoms with Gasteiger partial charge in [0.1, 0.15) is 0 Å². The first kappa shape index (κ1) is 100. The molecule has 0 aliphatic carbocycles. The van der Waals surface area contributed by atoms with Crippen molar-refractivity contribution < 1.29 is 83.0 Å². The minimum Gasteiger partial charge on any atom is -0.480 e. The summed E-state index contributed by atoms with van der Waals surface area (Å²) in [6.45, 7) is 9.42. The zero-order valence-corrected chi connectivity index (χ0v) is 68.6. The highest BCUT2D eigenvalue weighted by Gasteiger charge is 2.41. The van der Waals surface area contributed by atoms with Crippen LogP contribution in [0.2, 0.25) is 0 Å². The molecule has 0 saturated carbocycles. The van der Waals surface area contributed by atoms with Crippen LogP contribution in [-0.4, -0.2) is 295 Å². The van der Waals surface area contributed by atoms with Gasteiger partial charge < -0.3 is 59.4 Å². The van der Waals surface area contributed by atoms with Crippen molar-refractivity contribution in [1.29, 1.82) is 0 Å². The number of carbonyl (C=O) groups is 8. The van der Waals surface area contributed by atoms with Crippen LogP contribution >= 0.6 is 40.5 Å². The van der Waals surface area contributed by atoms with E-state index in [0.29, 0.717) is 136 Å². The molecule has 0 radical (unpaired) electrons. The Labute approximate surface area is 712 Å². The summed E-state index contributed by atoms with van der Waals surface area (Å²) in [5, 5.41) is 12.3. The predicted octanol–water partition coefficient (Wildman–Crippen LogP) is 13.8. The number of halogens is 9. The van der Waals surface area contributed by atoms with Crippen molar-refractivity contribution >= 4 is 88.2 Å². The van der Waals surface area contributed by atoms with Crippen molar-refractivity contribution in [2.24, 2.45) is 0 Å². The molecule has 7 aliphatic rings. The molecular weight excluding hydrogens is 1610 g/mol. The topological polar surface area (TPSA) is 208 Å². The van der Waals surface area contributed by atoms with Crippen LogP contribution in [0.25, 0.3) is 33.4 Å². The average molecular weight is 1730 g/mol. The normalized spacial score (nSPS) is 19.5. The maximum absolute atomic E-state index is 13.3. The van der Waals surface area contributed by atoms with Crippen molar-refractivity contribution in [1.82, 2.24) is 64.1 Å². The third-order valence-corrected chi connectivity index (χ3v) is 22.9. The Kier molecular flexibility index (Phi) is 36.5. The number of rotatable bonds is 16. The minimum atomic E-state index is -4.39. The molecule has 13 rings (SSSR count). The van der Waals surface area contributed by atoms with E-state index in [2.05, 4.69) is 10.2 Å². The Hall–Kier alpha value is -9.22. The van der Waals surface area contributed by atoms with Crippen LogP contribution in [0, 0.1) is 0 Å². The predicted molar refractivity (Wildman–Crippen MR) is 457 cm³/mol. The van der Waals surface area contributed by atoms with Crippen molar-refractivity contribution in [3.05, 3.63) is 179 Å². The van der Waals surface area contributed by atoms with Crippen LogP contribution in [0.3, 0.4) is 0 Å². The number of benzene rings is 6.